The fraction of sp³-hybridized carbons (Fsp3) is 0.388. The third-order valence-corrected chi connectivity index (χ3v) is 17.3. The highest BCUT2D eigenvalue weighted by Gasteiger charge is 2.21. The zero-order valence-electron chi connectivity index (χ0n) is 56.9. The molecule has 0 atom stereocenters. The zero-order chi connectivity index (χ0) is 67.0. The Hall–Kier alpha value is -8.96. The Labute approximate surface area is 571 Å². The van der Waals surface area contributed by atoms with E-state index in [1.807, 2.05) is 103 Å². The summed E-state index contributed by atoms with van der Waals surface area (Å²) in [5.41, 5.74) is 5.29. The van der Waals surface area contributed by atoms with E-state index in [1.165, 1.54) is 160 Å². The second kappa shape index (κ2) is 42.5. The molecule has 8 aromatic carbocycles. The summed E-state index contributed by atoms with van der Waals surface area (Å²) in [6.45, 7) is 6.01. The number of ether oxygens (including phenoxy) is 7. The minimum Gasteiger partial charge on any atom is -0.494 e. The van der Waals surface area contributed by atoms with Crippen LogP contribution in [0.4, 0.5) is 0 Å². The highest BCUT2D eigenvalue weighted by atomic mass is 16.6. The first-order chi connectivity index (χ1) is 47.2. The normalized spacial score (nSPS) is 11.0. The third kappa shape index (κ3) is 26.3. The van der Waals surface area contributed by atoms with E-state index in [4.69, 9.17) is 33.2 Å². The van der Waals surface area contributed by atoms with E-state index >= 15 is 0 Å². The van der Waals surface area contributed by atoms with Crippen LogP contribution in [0.1, 0.15) is 241 Å². The minimum absolute atomic E-state index is 0.0343. The van der Waals surface area contributed by atoms with Gasteiger partial charge in [0.1, 0.15) is 52.4 Å². The Kier molecular flexibility index (Phi) is 32.2. The van der Waals surface area contributed by atoms with E-state index in [1.54, 1.807) is 84.9 Å². The summed E-state index contributed by atoms with van der Waals surface area (Å²) in [5.74, 6) is 0.706. The number of carbonyl (C=O) groups is 4. The standard InChI is InChI=1S/C85H100O11/c1-3-5-7-9-11-13-15-17-19-21-23-25-27-32-62-90-74-49-44-71(45-50-74)82(86)93-76-53-36-67(37-54-76)69-40-57-78(58-41-69)95-84(88)73-48-61-81(92-65-66-34-30-29-31-35-66)80(64-73)85(89)96-79-59-42-70(43-60-79)68-38-55-77(56-39-68)94-83(87)72-46-51-75(52-47-72)91-63-33-28-26-24-22-20-18-16-14-12-10-8-6-4-2/h29-31,34-61,64H,3-28,32-33,62-63,65H2,1-2H3. The van der Waals surface area contributed by atoms with Crippen molar-refractivity contribution < 1.29 is 52.3 Å². The molecule has 0 aromatic heterocycles. The van der Waals surface area contributed by atoms with Crippen molar-refractivity contribution >= 4 is 23.9 Å². The van der Waals surface area contributed by atoms with Crippen LogP contribution < -0.4 is 33.2 Å². The number of esters is 4. The summed E-state index contributed by atoms with van der Waals surface area (Å²) in [7, 11) is 0. The molecule has 0 bridgehead atoms. The molecule has 0 fully saturated rings. The number of carbonyl (C=O) groups excluding carboxylic acids is 4. The molecule has 11 heteroatoms. The molecule has 8 rings (SSSR count). The SMILES string of the molecule is CCCCCCCCCCCCCCCCOc1ccc(C(=O)Oc2ccc(-c3ccc(OC(=O)c4ccc(OCc5ccccc5)c(C(=O)Oc5ccc(-c6ccc(OC(=O)c7ccc(OCCCCCCCCCCCCCCCC)cc7)cc6)cc5)c4)cc3)cc2)cc1. The second-order valence-electron chi connectivity index (χ2n) is 25.1. The van der Waals surface area contributed by atoms with Crippen molar-refractivity contribution in [2.45, 2.75) is 200 Å². The molecule has 0 amide bonds. The van der Waals surface area contributed by atoms with E-state index in [9.17, 15) is 19.2 Å². The van der Waals surface area contributed by atoms with Crippen LogP contribution in [-0.2, 0) is 6.61 Å². The summed E-state index contributed by atoms with van der Waals surface area (Å²) in [5, 5.41) is 0. The quantitative estimate of drug-likeness (QED) is 0.0205. The lowest BCUT2D eigenvalue weighted by atomic mass is 10.0. The molecular formula is C85H100O11. The van der Waals surface area contributed by atoms with Gasteiger partial charge in [0.2, 0.25) is 0 Å². The van der Waals surface area contributed by atoms with E-state index in [-0.39, 0.29) is 29.2 Å². The summed E-state index contributed by atoms with van der Waals surface area (Å²) in [6.07, 6.45) is 36.7. The van der Waals surface area contributed by atoms with Gasteiger partial charge in [0.05, 0.1) is 29.9 Å². The zero-order valence-corrected chi connectivity index (χ0v) is 56.9. The lowest BCUT2D eigenvalue weighted by molar-refractivity contribution is 0.0717. The van der Waals surface area contributed by atoms with Gasteiger partial charge < -0.3 is 33.2 Å². The Morgan fingerprint density at radius 1 is 0.260 bits per heavy atom. The van der Waals surface area contributed by atoms with Crippen molar-refractivity contribution in [3.05, 3.63) is 222 Å². The van der Waals surface area contributed by atoms with Crippen molar-refractivity contribution in [2.75, 3.05) is 13.2 Å². The van der Waals surface area contributed by atoms with Gasteiger partial charge in [0.15, 0.2) is 0 Å². The maximum atomic E-state index is 14.0. The van der Waals surface area contributed by atoms with E-state index in [0.717, 1.165) is 65.0 Å². The molecule has 96 heavy (non-hydrogen) atoms. The molecule has 506 valence electrons. The van der Waals surface area contributed by atoms with Gasteiger partial charge in [0.25, 0.3) is 0 Å². The number of hydrogen-bond acceptors (Lipinski definition) is 11. The van der Waals surface area contributed by atoms with Gasteiger partial charge in [-0.05, 0) is 156 Å². The highest BCUT2D eigenvalue weighted by molar-refractivity contribution is 5.99. The van der Waals surface area contributed by atoms with Crippen LogP contribution in [0, 0.1) is 0 Å². The Morgan fingerprint density at radius 2 is 0.542 bits per heavy atom. The maximum absolute atomic E-state index is 14.0. The lowest BCUT2D eigenvalue weighted by Gasteiger charge is -2.13. The number of unbranched alkanes of at least 4 members (excludes halogenated alkanes) is 26. The molecule has 0 spiro atoms. The average molecular weight is 1300 g/mol. The first-order valence-electron chi connectivity index (χ1n) is 35.8. The van der Waals surface area contributed by atoms with Crippen molar-refractivity contribution in [3.63, 3.8) is 0 Å². The summed E-state index contributed by atoms with van der Waals surface area (Å²) in [4.78, 5) is 53.9. The van der Waals surface area contributed by atoms with E-state index in [0.29, 0.717) is 41.6 Å². The molecule has 0 heterocycles. The largest absolute Gasteiger partial charge is 0.494 e. The summed E-state index contributed by atoms with van der Waals surface area (Å²) < 4.78 is 41.2. The Morgan fingerprint density at radius 3 is 0.875 bits per heavy atom. The summed E-state index contributed by atoms with van der Waals surface area (Å²) >= 11 is 0. The first kappa shape index (κ1) is 72.9. The number of hydrogen-bond donors (Lipinski definition) is 0. The highest BCUT2D eigenvalue weighted by Crippen LogP contribution is 2.31. The molecule has 0 saturated carbocycles. The molecule has 8 aromatic rings. The predicted octanol–water partition coefficient (Wildman–Crippen LogP) is 23.2. The molecule has 0 unspecified atom stereocenters. The molecular weight excluding hydrogens is 1200 g/mol. The van der Waals surface area contributed by atoms with Crippen LogP contribution in [-0.4, -0.2) is 37.1 Å². The average Bonchev–Trinajstić information content (AvgIpc) is 0.961. The van der Waals surface area contributed by atoms with Gasteiger partial charge in [-0.2, -0.15) is 0 Å². The van der Waals surface area contributed by atoms with Crippen molar-refractivity contribution in [1.29, 1.82) is 0 Å². The maximum Gasteiger partial charge on any atom is 0.347 e. The molecule has 0 aliphatic heterocycles. The summed E-state index contributed by atoms with van der Waals surface area (Å²) in [6, 6.07) is 56.6. The van der Waals surface area contributed by atoms with Crippen LogP contribution in [0.5, 0.6) is 40.2 Å². The minimum atomic E-state index is -0.733. The van der Waals surface area contributed by atoms with Crippen LogP contribution in [0.2, 0.25) is 0 Å². The first-order valence-corrected chi connectivity index (χ1v) is 35.8. The fourth-order valence-corrected chi connectivity index (χ4v) is 11.5. The predicted molar refractivity (Wildman–Crippen MR) is 385 cm³/mol. The van der Waals surface area contributed by atoms with Crippen LogP contribution in [0.15, 0.2) is 194 Å². The Balaban J connectivity index is 0.752. The van der Waals surface area contributed by atoms with Crippen molar-refractivity contribution in [3.8, 4) is 62.5 Å². The van der Waals surface area contributed by atoms with Crippen LogP contribution in [0.25, 0.3) is 22.3 Å². The molecule has 0 aliphatic rings. The third-order valence-electron chi connectivity index (χ3n) is 17.3. The van der Waals surface area contributed by atoms with Gasteiger partial charge in [-0.25, -0.2) is 19.2 Å². The van der Waals surface area contributed by atoms with Crippen molar-refractivity contribution in [2.24, 2.45) is 0 Å². The lowest BCUT2D eigenvalue weighted by Crippen LogP contribution is -2.14. The number of benzene rings is 8. The fourth-order valence-electron chi connectivity index (χ4n) is 11.5. The van der Waals surface area contributed by atoms with Gasteiger partial charge in [0, 0.05) is 0 Å². The van der Waals surface area contributed by atoms with E-state index < -0.39 is 23.9 Å². The van der Waals surface area contributed by atoms with Gasteiger partial charge in [-0.1, -0.05) is 260 Å². The molecule has 0 radical (unpaired) electrons. The Bertz CT molecular complexity index is 3510. The topological polar surface area (TPSA) is 133 Å². The second-order valence-corrected chi connectivity index (χ2v) is 25.1. The van der Waals surface area contributed by atoms with Gasteiger partial charge in [-0.15, -0.1) is 0 Å². The van der Waals surface area contributed by atoms with Gasteiger partial charge >= 0.3 is 23.9 Å². The van der Waals surface area contributed by atoms with E-state index in [2.05, 4.69) is 13.8 Å². The molecule has 0 N–H and O–H groups in total. The van der Waals surface area contributed by atoms with Crippen LogP contribution >= 0.6 is 0 Å². The number of rotatable bonds is 45. The smallest absolute Gasteiger partial charge is 0.347 e. The molecule has 0 aliphatic carbocycles. The molecule has 11 nitrogen and oxygen atoms in total. The van der Waals surface area contributed by atoms with Gasteiger partial charge in [-0.3, -0.25) is 0 Å². The van der Waals surface area contributed by atoms with Crippen molar-refractivity contribution in [1.82, 2.24) is 0 Å². The monoisotopic (exact) mass is 1300 g/mol. The van der Waals surface area contributed by atoms with Crippen LogP contribution in [0.3, 0.4) is 0 Å². The molecule has 0 saturated heterocycles.